The van der Waals surface area contributed by atoms with Gasteiger partial charge in [0.15, 0.2) is 5.96 Å². The van der Waals surface area contributed by atoms with E-state index >= 15 is 0 Å². The number of likely N-dealkylation sites (tertiary alicyclic amines) is 1. The number of nitrogens with one attached hydrogen (secondary N) is 2. The molecule has 1 saturated heterocycles. The Balaban J connectivity index is 1.82. The Bertz CT molecular complexity index is 657. The van der Waals surface area contributed by atoms with Gasteiger partial charge in [-0.3, -0.25) is 14.9 Å². The summed E-state index contributed by atoms with van der Waals surface area (Å²) in [5, 5.41) is 17.1. The summed E-state index contributed by atoms with van der Waals surface area (Å²) in [6.45, 7) is 6.98. The van der Waals surface area contributed by atoms with Crippen molar-refractivity contribution in [2.24, 2.45) is 4.99 Å². The van der Waals surface area contributed by atoms with Gasteiger partial charge in [0.25, 0.3) is 5.69 Å². The quantitative estimate of drug-likeness (QED) is 0.175. The molecule has 1 aromatic carbocycles. The van der Waals surface area contributed by atoms with E-state index in [1.54, 1.807) is 18.2 Å². The van der Waals surface area contributed by atoms with E-state index in [1.807, 2.05) is 4.90 Å². The minimum Gasteiger partial charge on any atom is -0.356 e. The smallest absolute Gasteiger partial charge is 0.269 e. The van der Waals surface area contributed by atoms with Gasteiger partial charge in [-0.2, -0.15) is 0 Å². The van der Waals surface area contributed by atoms with E-state index in [4.69, 9.17) is 0 Å². The summed E-state index contributed by atoms with van der Waals surface area (Å²) in [7, 11) is 0. The first-order valence-corrected chi connectivity index (χ1v) is 8.74. The zero-order valence-electron chi connectivity index (χ0n) is 14.8. The number of non-ortho nitro benzene ring substituents is 1. The van der Waals surface area contributed by atoms with Crippen molar-refractivity contribution in [1.82, 2.24) is 15.5 Å². The van der Waals surface area contributed by atoms with Gasteiger partial charge in [0.2, 0.25) is 5.91 Å². The molecule has 1 aliphatic rings. The topological polar surface area (TPSA) is 99.9 Å². The molecule has 1 aliphatic heterocycles. The fraction of sp³-hybridized carbons (Fsp3) is 0.444. The number of aliphatic imine (C=N–C) groups is 1. The highest BCUT2D eigenvalue weighted by Gasteiger charge is 2.18. The van der Waals surface area contributed by atoms with Crippen LogP contribution in [0.3, 0.4) is 0 Å². The standard InChI is InChI=1S/C18H25N5O3/c1-2-10-19-18(20-11-4-13-22-12-3-5-17(22)24)21-14-15-6-8-16(9-7-15)23(25)26/h2,6-9H,1,3-5,10-14H2,(H2,19,20,21). The third kappa shape index (κ3) is 6.19. The Kier molecular flexibility index (Phi) is 7.60. The van der Waals surface area contributed by atoms with Crippen molar-refractivity contribution in [3.63, 3.8) is 0 Å². The lowest BCUT2D eigenvalue weighted by atomic mass is 10.2. The van der Waals surface area contributed by atoms with Gasteiger partial charge >= 0.3 is 0 Å². The second kappa shape index (κ2) is 10.2. The third-order valence-electron chi connectivity index (χ3n) is 4.05. The predicted octanol–water partition coefficient (Wildman–Crippen LogP) is 1.83. The van der Waals surface area contributed by atoms with Crippen LogP contribution < -0.4 is 10.6 Å². The highest BCUT2D eigenvalue weighted by molar-refractivity contribution is 5.80. The summed E-state index contributed by atoms with van der Waals surface area (Å²) in [6.07, 6.45) is 4.20. The molecule has 0 aliphatic carbocycles. The first-order chi connectivity index (χ1) is 12.6. The molecule has 8 nitrogen and oxygen atoms in total. The number of amides is 1. The average molecular weight is 359 g/mol. The molecule has 0 unspecified atom stereocenters. The van der Waals surface area contributed by atoms with Crippen LogP contribution in [0, 0.1) is 10.1 Å². The number of nitro benzene ring substituents is 1. The monoisotopic (exact) mass is 359 g/mol. The number of guanidine groups is 1. The Morgan fingerprint density at radius 3 is 2.73 bits per heavy atom. The number of hydrogen-bond acceptors (Lipinski definition) is 4. The van der Waals surface area contributed by atoms with Gasteiger partial charge in [-0.25, -0.2) is 4.99 Å². The van der Waals surface area contributed by atoms with E-state index in [1.165, 1.54) is 12.1 Å². The SMILES string of the molecule is C=CCNC(=NCc1ccc([N+](=O)[O-])cc1)NCCCN1CCCC1=O. The van der Waals surface area contributed by atoms with E-state index in [2.05, 4.69) is 22.2 Å². The summed E-state index contributed by atoms with van der Waals surface area (Å²) in [5.41, 5.74) is 0.954. The Morgan fingerprint density at radius 1 is 1.35 bits per heavy atom. The van der Waals surface area contributed by atoms with Crippen LogP contribution in [0.5, 0.6) is 0 Å². The van der Waals surface area contributed by atoms with E-state index < -0.39 is 4.92 Å². The van der Waals surface area contributed by atoms with E-state index in [0.717, 1.165) is 31.5 Å². The van der Waals surface area contributed by atoms with Gasteiger partial charge in [-0.05, 0) is 18.4 Å². The van der Waals surface area contributed by atoms with Crippen molar-refractivity contribution in [2.45, 2.75) is 25.8 Å². The van der Waals surface area contributed by atoms with E-state index in [0.29, 0.717) is 32.0 Å². The highest BCUT2D eigenvalue weighted by Crippen LogP contribution is 2.12. The summed E-state index contributed by atoms with van der Waals surface area (Å²) in [6, 6.07) is 6.35. The number of carbonyl (C=O) groups is 1. The molecule has 2 rings (SSSR count). The first-order valence-electron chi connectivity index (χ1n) is 8.74. The molecule has 1 aromatic rings. The Labute approximate surface area is 153 Å². The van der Waals surface area contributed by atoms with Crippen LogP contribution in [-0.4, -0.2) is 47.9 Å². The predicted molar refractivity (Wildman–Crippen MR) is 101 cm³/mol. The summed E-state index contributed by atoms with van der Waals surface area (Å²) in [4.78, 5) is 28.2. The van der Waals surface area contributed by atoms with Crippen molar-refractivity contribution in [3.05, 3.63) is 52.6 Å². The summed E-state index contributed by atoms with van der Waals surface area (Å²) >= 11 is 0. The Hall–Kier alpha value is -2.90. The van der Waals surface area contributed by atoms with Crippen LogP contribution in [0.15, 0.2) is 41.9 Å². The molecule has 0 radical (unpaired) electrons. The largest absolute Gasteiger partial charge is 0.356 e. The first kappa shape index (κ1) is 19.4. The van der Waals surface area contributed by atoms with Crippen LogP contribution in [0.2, 0.25) is 0 Å². The lowest BCUT2D eigenvalue weighted by Crippen LogP contribution is -2.39. The van der Waals surface area contributed by atoms with Crippen LogP contribution in [-0.2, 0) is 11.3 Å². The molecular weight excluding hydrogens is 334 g/mol. The molecule has 0 aromatic heterocycles. The van der Waals surface area contributed by atoms with Crippen LogP contribution in [0.1, 0.15) is 24.8 Å². The highest BCUT2D eigenvalue weighted by atomic mass is 16.6. The van der Waals surface area contributed by atoms with Crippen molar-refractivity contribution in [1.29, 1.82) is 0 Å². The normalized spacial score (nSPS) is 14.4. The van der Waals surface area contributed by atoms with E-state index in [-0.39, 0.29) is 11.6 Å². The molecular formula is C18H25N5O3. The number of carbonyl (C=O) groups excluding carboxylic acids is 1. The summed E-state index contributed by atoms with van der Waals surface area (Å²) in [5.74, 6) is 0.887. The van der Waals surface area contributed by atoms with Crippen LogP contribution in [0.4, 0.5) is 5.69 Å². The molecule has 1 fully saturated rings. The molecule has 0 spiro atoms. The number of nitro groups is 1. The maximum atomic E-state index is 11.6. The number of hydrogen-bond donors (Lipinski definition) is 2. The van der Waals surface area contributed by atoms with E-state index in [9.17, 15) is 14.9 Å². The number of nitrogens with zero attached hydrogens (tertiary/aromatic N) is 3. The Morgan fingerprint density at radius 2 is 2.12 bits per heavy atom. The van der Waals surface area contributed by atoms with Crippen molar-refractivity contribution in [2.75, 3.05) is 26.2 Å². The molecule has 1 amide bonds. The van der Waals surface area contributed by atoms with Crippen molar-refractivity contribution >= 4 is 17.6 Å². The fourth-order valence-corrected chi connectivity index (χ4v) is 2.65. The van der Waals surface area contributed by atoms with Crippen LogP contribution in [0.25, 0.3) is 0 Å². The average Bonchev–Trinajstić information content (AvgIpc) is 3.05. The fourth-order valence-electron chi connectivity index (χ4n) is 2.65. The zero-order chi connectivity index (χ0) is 18.8. The molecule has 26 heavy (non-hydrogen) atoms. The molecule has 0 bridgehead atoms. The molecule has 8 heteroatoms. The van der Waals surface area contributed by atoms with Crippen LogP contribution >= 0.6 is 0 Å². The molecule has 0 atom stereocenters. The molecule has 2 N–H and O–H groups in total. The molecule has 140 valence electrons. The van der Waals surface area contributed by atoms with Gasteiger partial charge in [0.05, 0.1) is 11.5 Å². The van der Waals surface area contributed by atoms with Gasteiger partial charge in [0.1, 0.15) is 0 Å². The minimum absolute atomic E-state index is 0.0670. The second-order valence-corrected chi connectivity index (χ2v) is 6.02. The maximum absolute atomic E-state index is 11.6. The molecule has 0 saturated carbocycles. The third-order valence-corrected chi connectivity index (χ3v) is 4.05. The van der Waals surface area contributed by atoms with Gasteiger partial charge in [-0.1, -0.05) is 18.2 Å². The van der Waals surface area contributed by atoms with Crippen molar-refractivity contribution < 1.29 is 9.72 Å². The maximum Gasteiger partial charge on any atom is 0.269 e. The second-order valence-electron chi connectivity index (χ2n) is 6.02. The van der Waals surface area contributed by atoms with Gasteiger partial charge in [-0.15, -0.1) is 6.58 Å². The zero-order valence-corrected chi connectivity index (χ0v) is 14.8. The lowest BCUT2D eigenvalue weighted by Gasteiger charge is -2.16. The number of rotatable bonds is 9. The molecule has 1 heterocycles. The van der Waals surface area contributed by atoms with Gasteiger partial charge < -0.3 is 15.5 Å². The number of benzene rings is 1. The lowest BCUT2D eigenvalue weighted by molar-refractivity contribution is -0.384. The van der Waals surface area contributed by atoms with Gasteiger partial charge in [0, 0.05) is 44.7 Å². The minimum atomic E-state index is -0.420. The van der Waals surface area contributed by atoms with Crippen molar-refractivity contribution in [3.8, 4) is 0 Å². The summed E-state index contributed by atoms with van der Waals surface area (Å²) < 4.78 is 0.